The van der Waals surface area contributed by atoms with Gasteiger partial charge in [0, 0.05) is 11.6 Å². The zero-order valence-corrected chi connectivity index (χ0v) is 10.8. The Morgan fingerprint density at radius 1 is 1.38 bits per heavy atom. The predicted molar refractivity (Wildman–Crippen MR) is 67.3 cm³/mol. The molecule has 0 saturated heterocycles. The van der Waals surface area contributed by atoms with Gasteiger partial charge in [0.05, 0.1) is 6.04 Å². The molecule has 2 atom stereocenters. The maximum absolute atomic E-state index is 11.8. The highest BCUT2D eigenvalue weighted by molar-refractivity contribution is 5.81. The van der Waals surface area contributed by atoms with Crippen LogP contribution in [0.2, 0.25) is 0 Å². The van der Waals surface area contributed by atoms with E-state index in [-0.39, 0.29) is 17.5 Å². The fourth-order valence-electron chi connectivity index (χ4n) is 1.85. The fourth-order valence-corrected chi connectivity index (χ4v) is 1.85. The molecule has 0 fully saturated rings. The van der Waals surface area contributed by atoms with E-state index in [0.717, 1.165) is 19.3 Å². The molecule has 3 heteroatoms. The first-order chi connectivity index (χ1) is 7.38. The van der Waals surface area contributed by atoms with Crippen molar-refractivity contribution < 1.29 is 4.79 Å². The topological polar surface area (TPSA) is 41.1 Å². The van der Waals surface area contributed by atoms with Gasteiger partial charge in [-0.25, -0.2) is 0 Å². The summed E-state index contributed by atoms with van der Waals surface area (Å²) in [5.74, 6) is 0.0852. The minimum atomic E-state index is -0.153. The van der Waals surface area contributed by atoms with E-state index < -0.39 is 0 Å². The molecule has 2 unspecified atom stereocenters. The lowest BCUT2D eigenvalue weighted by molar-refractivity contribution is -0.124. The number of hydrogen-bond acceptors (Lipinski definition) is 2. The van der Waals surface area contributed by atoms with Gasteiger partial charge in [0.15, 0.2) is 0 Å². The number of amides is 1. The average Bonchev–Trinajstić information content (AvgIpc) is 2.16. The first-order valence-electron chi connectivity index (χ1n) is 6.11. The Labute approximate surface area is 98.7 Å². The molecule has 92 valence electrons. The van der Waals surface area contributed by atoms with Crippen LogP contribution in [-0.4, -0.2) is 23.5 Å². The van der Waals surface area contributed by atoms with Gasteiger partial charge in [0.1, 0.15) is 0 Å². The molecule has 0 heterocycles. The molecule has 0 bridgehead atoms. The molecule has 2 N–H and O–H groups in total. The summed E-state index contributed by atoms with van der Waals surface area (Å²) in [6.45, 7) is 7.93. The van der Waals surface area contributed by atoms with E-state index in [2.05, 4.69) is 22.8 Å². The van der Waals surface area contributed by atoms with Gasteiger partial charge in [-0.3, -0.25) is 4.79 Å². The second kappa shape index (κ2) is 5.48. The summed E-state index contributed by atoms with van der Waals surface area (Å²) in [4.78, 5) is 11.8. The van der Waals surface area contributed by atoms with Crippen LogP contribution in [0.15, 0.2) is 12.2 Å². The van der Waals surface area contributed by atoms with Crippen molar-refractivity contribution in [2.75, 3.05) is 0 Å². The van der Waals surface area contributed by atoms with E-state index in [1.54, 1.807) is 0 Å². The van der Waals surface area contributed by atoms with Crippen LogP contribution in [0.4, 0.5) is 0 Å². The molecular formula is C13H24N2O. The number of carbonyl (C=O) groups excluding carboxylic acids is 1. The van der Waals surface area contributed by atoms with Crippen LogP contribution in [0.25, 0.3) is 0 Å². The molecule has 0 aromatic rings. The van der Waals surface area contributed by atoms with E-state index in [1.165, 1.54) is 0 Å². The molecule has 0 aromatic heterocycles. The number of nitrogens with one attached hydrogen (secondary N) is 2. The molecule has 0 aliphatic heterocycles. The molecular weight excluding hydrogens is 200 g/mol. The summed E-state index contributed by atoms with van der Waals surface area (Å²) < 4.78 is 0. The van der Waals surface area contributed by atoms with Crippen molar-refractivity contribution in [1.82, 2.24) is 10.6 Å². The van der Waals surface area contributed by atoms with Gasteiger partial charge in [-0.1, -0.05) is 12.2 Å². The summed E-state index contributed by atoms with van der Waals surface area (Å²) >= 11 is 0. The van der Waals surface area contributed by atoms with Crippen LogP contribution in [0.3, 0.4) is 0 Å². The summed E-state index contributed by atoms with van der Waals surface area (Å²) in [7, 11) is 0. The Balaban J connectivity index is 2.36. The number of allylic oxidation sites excluding steroid dienone is 1. The third kappa shape index (κ3) is 4.79. The monoisotopic (exact) mass is 224 g/mol. The van der Waals surface area contributed by atoms with Gasteiger partial charge >= 0.3 is 0 Å². The van der Waals surface area contributed by atoms with Crippen LogP contribution in [0.5, 0.6) is 0 Å². The fraction of sp³-hybridized carbons (Fsp3) is 0.769. The van der Waals surface area contributed by atoms with Gasteiger partial charge in [-0.2, -0.15) is 0 Å². The van der Waals surface area contributed by atoms with Gasteiger partial charge in [0.2, 0.25) is 5.91 Å². The molecule has 1 amide bonds. The highest BCUT2D eigenvalue weighted by Crippen LogP contribution is 2.11. The second-order valence-corrected chi connectivity index (χ2v) is 5.61. The SMILES string of the molecule is CC(NC1CC=CCC1)C(=O)NC(C)(C)C. The zero-order valence-electron chi connectivity index (χ0n) is 10.8. The Morgan fingerprint density at radius 3 is 2.56 bits per heavy atom. The van der Waals surface area contributed by atoms with Gasteiger partial charge < -0.3 is 10.6 Å². The third-order valence-electron chi connectivity index (χ3n) is 2.65. The minimum Gasteiger partial charge on any atom is -0.350 e. The van der Waals surface area contributed by atoms with Crippen molar-refractivity contribution in [3.8, 4) is 0 Å². The Morgan fingerprint density at radius 2 is 2.06 bits per heavy atom. The van der Waals surface area contributed by atoms with Crippen molar-refractivity contribution >= 4 is 5.91 Å². The molecule has 0 spiro atoms. The minimum absolute atomic E-state index is 0.0852. The van der Waals surface area contributed by atoms with Crippen molar-refractivity contribution in [3.05, 3.63) is 12.2 Å². The largest absolute Gasteiger partial charge is 0.350 e. The van der Waals surface area contributed by atoms with Crippen LogP contribution in [0.1, 0.15) is 47.0 Å². The van der Waals surface area contributed by atoms with Crippen molar-refractivity contribution in [2.24, 2.45) is 0 Å². The molecule has 0 radical (unpaired) electrons. The van der Waals surface area contributed by atoms with Gasteiger partial charge in [-0.05, 0) is 47.0 Å². The average molecular weight is 224 g/mol. The van der Waals surface area contributed by atoms with Crippen molar-refractivity contribution in [3.63, 3.8) is 0 Å². The van der Waals surface area contributed by atoms with Crippen LogP contribution >= 0.6 is 0 Å². The maximum Gasteiger partial charge on any atom is 0.237 e. The van der Waals surface area contributed by atoms with Gasteiger partial charge in [-0.15, -0.1) is 0 Å². The first-order valence-corrected chi connectivity index (χ1v) is 6.11. The second-order valence-electron chi connectivity index (χ2n) is 5.61. The van der Waals surface area contributed by atoms with Crippen LogP contribution in [-0.2, 0) is 4.79 Å². The van der Waals surface area contributed by atoms with E-state index in [4.69, 9.17) is 0 Å². The van der Waals surface area contributed by atoms with E-state index in [1.807, 2.05) is 27.7 Å². The lowest BCUT2D eigenvalue weighted by Crippen LogP contribution is -2.51. The predicted octanol–water partition coefficient (Wildman–Crippen LogP) is 1.99. The van der Waals surface area contributed by atoms with E-state index in [9.17, 15) is 4.79 Å². The van der Waals surface area contributed by atoms with Gasteiger partial charge in [0.25, 0.3) is 0 Å². The Kier molecular flexibility index (Phi) is 4.54. The van der Waals surface area contributed by atoms with Crippen molar-refractivity contribution in [1.29, 1.82) is 0 Å². The quantitative estimate of drug-likeness (QED) is 0.720. The Hall–Kier alpha value is -0.830. The summed E-state index contributed by atoms with van der Waals surface area (Å²) in [5.41, 5.74) is -0.153. The highest BCUT2D eigenvalue weighted by atomic mass is 16.2. The molecule has 3 nitrogen and oxygen atoms in total. The van der Waals surface area contributed by atoms with Crippen LogP contribution < -0.4 is 10.6 Å². The number of hydrogen-bond donors (Lipinski definition) is 2. The highest BCUT2D eigenvalue weighted by Gasteiger charge is 2.21. The van der Waals surface area contributed by atoms with E-state index >= 15 is 0 Å². The lowest BCUT2D eigenvalue weighted by atomic mass is 10.0. The van der Waals surface area contributed by atoms with Crippen molar-refractivity contribution in [2.45, 2.75) is 64.6 Å². The molecule has 1 aliphatic carbocycles. The molecule has 0 saturated carbocycles. The Bertz CT molecular complexity index is 266. The molecule has 0 aromatic carbocycles. The molecule has 16 heavy (non-hydrogen) atoms. The summed E-state index contributed by atoms with van der Waals surface area (Å²) in [5, 5.41) is 6.37. The summed E-state index contributed by atoms with van der Waals surface area (Å²) in [6, 6.07) is 0.335. The summed E-state index contributed by atoms with van der Waals surface area (Å²) in [6.07, 6.45) is 7.68. The number of carbonyl (C=O) groups is 1. The molecule has 1 rings (SSSR count). The normalized spacial score (nSPS) is 22.9. The first kappa shape index (κ1) is 13.2. The standard InChI is InChI=1S/C13H24N2O/c1-10(12(16)15-13(2,3)4)14-11-8-6-5-7-9-11/h5-6,10-11,14H,7-9H2,1-4H3,(H,15,16). The molecule has 1 aliphatic rings. The lowest BCUT2D eigenvalue weighted by Gasteiger charge is -2.27. The number of rotatable bonds is 3. The smallest absolute Gasteiger partial charge is 0.237 e. The van der Waals surface area contributed by atoms with E-state index in [0.29, 0.717) is 6.04 Å². The van der Waals surface area contributed by atoms with Crippen LogP contribution in [0, 0.1) is 0 Å². The zero-order chi connectivity index (χ0) is 12.2. The maximum atomic E-state index is 11.8. The third-order valence-corrected chi connectivity index (χ3v) is 2.65.